The molecular formula is C45H66N6. The highest BCUT2D eigenvalue weighted by molar-refractivity contribution is 5.94. The van der Waals surface area contributed by atoms with Gasteiger partial charge in [0, 0.05) is 53.9 Å². The molecule has 6 heteroatoms. The van der Waals surface area contributed by atoms with Crippen molar-refractivity contribution in [1.82, 2.24) is 16.0 Å². The first-order valence-electron chi connectivity index (χ1n) is 19.6. The van der Waals surface area contributed by atoms with Crippen LogP contribution in [-0.2, 0) is 77.8 Å². The number of benzene rings is 2. The molecule has 0 radical (unpaired) electrons. The monoisotopic (exact) mass is 691 g/mol. The molecule has 3 N–H and O–H groups in total. The van der Waals surface area contributed by atoms with Gasteiger partial charge in [-0.3, -0.25) is 15.0 Å². The minimum atomic E-state index is 0.661. The fourth-order valence-electron chi connectivity index (χ4n) is 8.48. The second-order valence-corrected chi connectivity index (χ2v) is 14.3. The predicted octanol–water partition coefficient (Wildman–Crippen LogP) is 9.65. The summed E-state index contributed by atoms with van der Waals surface area (Å²) in [6, 6.07) is 0. The fourth-order valence-corrected chi connectivity index (χ4v) is 8.48. The second kappa shape index (κ2) is 18.5. The molecule has 0 fully saturated rings. The van der Waals surface area contributed by atoms with Crippen LogP contribution in [0.3, 0.4) is 0 Å². The Bertz CT molecular complexity index is 1530. The van der Waals surface area contributed by atoms with Crippen molar-refractivity contribution in [3.8, 4) is 0 Å². The van der Waals surface area contributed by atoms with Crippen LogP contribution in [0.1, 0.15) is 150 Å². The lowest BCUT2D eigenvalue weighted by Crippen LogP contribution is -2.24. The summed E-state index contributed by atoms with van der Waals surface area (Å²) in [5, 5.41) is 11.5. The SMILES string of the molecule is CCc1c2c(CC)c3c(CC)c1CN=C(C)/C=C(/C)NCc1c(CC)c(c(CC)c(c1CC)CN/C(C)=C\C(C)=NC3)CNC(C)=CC(C)=NC2. The maximum atomic E-state index is 5.24. The van der Waals surface area contributed by atoms with E-state index in [1.165, 1.54) is 66.8 Å². The number of hydrogen-bond acceptors (Lipinski definition) is 6. The lowest BCUT2D eigenvalue weighted by molar-refractivity contribution is 0.729. The Morgan fingerprint density at radius 3 is 0.804 bits per heavy atom. The molecule has 0 amide bonds. The van der Waals surface area contributed by atoms with Crippen LogP contribution in [0.2, 0.25) is 0 Å². The Hall–Kier alpha value is -3.93. The number of aliphatic imine (C=N–C) groups is 3. The van der Waals surface area contributed by atoms with E-state index in [1.807, 2.05) is 0 Å². The molecule has 6 bridgehead atoms. The zero-order valence-corrected chi connectivity index (χ0v) is 34.1. The van der Waals surface area contributed by atoms with E-state index in [1.54, 1.807) is 0 Å². The van der Waals surface area contributed by atoms with Crippen LogP contribution in [0.5, 0.6) is 0 Å². The molecule has 6 nitrogen and oxygen atoms in total. The van der Waals surface area contributed by atoms with E-state index in [0.29, 0.717) is 19.6 Å². The molecule has 0 unspecified atom stereocenters. The van der Waals surface area contributed by atoms with Gasteiger partial charge in [0.05, 0.1) is 19.6 Å². The summed E-state index contributed by atoms with van der Waals surface area (Å²) >= 11 is 0. The molecule has 3 aliphatic heterocycles. The molecule has 5 rings (SSSR count). The van der Waals surface area contributed by atoms with E-state index in [0.717, 1.165) is 92.4 Å². The first-order chi connectivity index (χ1) is 24.5. The standard InChI is InChI=1S/C45H66N6/c1-13-34-40-22-46-28(7)19-30(9)49-25-43-37(16-4)44-26-50-31(10)20-29(8)47-23-41(34)36(15-3)42(35(40)14-2)24-48-32(11)21-33(12)51-27-45(38(43)17-5)39(44)18-6/h19-21,46-48H,13-18,22-27H2,1-12H3/b28-19-,29-20-,32-21?,49-30?,50-31?,51-33?. The van der Waals surface area contributed by atoms with Crippen LogP contribution >= 0.6 is 0 Å². The van der Waals surface area contributed by atoms with Gasteiger partial charge in [-0.05, 0) is 165 Å². The third-order valence-corrected chi connectivity index (χ3v) is 10.9. The van der Waals surface area contributed by atoms with Crippen LogP contribution < -0.4 is 16.0 Å². The predicted molar refractivity (Wildman–Crippen MR) is 221 cm³/mol. The second-order valence-electron chi connectivity index (χ2n) is 14.3. The number of allylic oxidation sites excluding steroid dienone is 6. The zero-order valence-electron chi connectivity index (χ0n) is 34.1. The van der Waals surface area contributed by atoms with Crippen LogP contribution in [0.4, 0.5) is 0 Å². The van der Waals surface area contributed by atoms with E-state index >= 15 is 0 Å². The Morgan fingerprint density at radius 1 is 0.373 bits per heavy atom. The lowest BCUT2D eigenvalue weighted by Gasteiger charge is -2.27. The summed E-state index contributed by atoms with van der Waals surface area (Å²) in [5.74, 6) is 0. The molecule has 0 aromatic heterocycles. The number of nitrogens with one attached hydrogen (secondary N) is 3. The molecule has 2 aromatic carbocycles. The quantitative estimate of drug-likeness (QED) is 0.283. The van der Waals surface area contributed by atoms with E-state index in [2.05, 4.69) is 117 Å². The number of rotatable bonds is 6. The Balaban J connectivity index is 2.13. The van der Waals surface area contributed by atoms with Gasteiger partial charge in [-0.15, -0.1) is 0 Å². The van der Waals surface area contributed by atoms with Gasteiger partial charge in [-0.1, -0.05) is 41.5 Å². The average molecular weight is 691 g/mol. The van der Waals surface area contributed by atoms with E-state index in [4.69, 9.17) is 15.0 Å². The van der Waals surface area contributed by atoms with Crippen molar-refractivity contribution in [2.75, 3.05) is 0 Å². The molecular weight excluding hydrogens is 625 g/mol. The molecule has 0 atom stereocenters. The highest BCUT2D eigenvalue weighted by atomic mass is 14.9. The van der Waals surface area contributed by atoms with Crippen LogP contribution in [0.15, 0.2) is 50.3 Å². The highest BCUT2D eigenvalue weighted by Gasteiger charge is 2.23. The Morgan fingerprint density at radius 2 is 0.588 bits per heavy atom. The summed E-state index contributed by atoms with van der Waals surface area (Å²) in [4.78, 5) is 15.7. The molecule has 0 aliphatic carbocycles. The van der Waals surface area contributed by atoms with Crippen molar-refractivity contribution in [1.29, 1.82) is 0 Å². The van der Waals surface area contributed by atoms with Crippen molar-refractivity contribution < 1.29 is 0 Å². The molecule has 2 aromatic rings. The van der Waals surface area contributed by atoms with Gasteiger partial charge in [0.1, 0.15) is 0 Å². The average Bonchev–Trinajstić information content (AvgIpc) is 3.10. The minimum Gasteiger partial charge on any atom is -0.384 e. The van der Waals surface area contributed by atoms with Crippen molar-refractivity contribution in [2.45, 2.75) is 161 Å². The van der Waals surface area contributed by atoms with E-state index in [9.17, 15) is 0 Å². The molecule has 3 aliphatic rings. The van der Waals surface area contributed by atoms with E-state index in [-0.39, 0.29) is 0 Å². The van der Waals surface area contributed by atoms with Crippen molar-refractivity contribution in [2.24, 2.45) is 15.0 Å². The summed E-state index contributed by atoms with van der Waals surface area (Å²) in [5.41, 5.74) is 23.6. The first kappa shape index (κ1) is 39.8. The van der Waals surface area contributed by atoms with Gasteiger partial charge in [-0.25, -0.2) is 0 Å². The van der Waals surface area contributed by atoms with Crippen LogP contribution in [0, 0.1) is 0 Å². The molecule has 3 heterocycles. The summed E-state index contributed by atoms with van der Waals surface area (Å²) in [7, 11) is 0. The van der Waals surface area contributed by atoms with Gasteiger partial charge in [0.15, 0.2) is 0 Å². The lowest BCUT2D eigenvalue weighted by atomic mass is 9.83. The van der Waals surface area contributed by atoms with Gasteiger partial charge in [-0.2, -0.15) is 0 Å². The molecule has 0 saturated carbocycles. The zero-order chi connectivity index (χ0) is 37.2. The summed E-state index contributed by atoms with van der Waals surface area (Å²) in [6.07, 6.45) is 12.5. The first-order valence-corrected chi connectivity index (χ1v) is 19.6. The van der Waals surface area contributed by atoms with E-state index < -0.39 is 0 Å². The molecule has 0 saturated heterocycles. The third-order valence-electron chi connectivity index (χ3n) is 10.9. The smallest absolute Gasteiger partial charge is 0.0648 e. The number of hydrogen-bond donors (Lipinski definition) is 3. The van der Waals surface area contributed by atoms with Gasteiger partial charge in [0.25, 0.3) is 0 Å². The number of nitrogens with zero attached hydrogens (tertiary/aromatic N) is 3. The largest absolute Gasteiger partial charge is 0.384 e. The fraction of sp³-hybridized carbons (Fsp3) is 0.533. The Kier molecular flexibility index (Phi) is 14.5. The normalized spacial score (nSPS) is 18.3. The topological polar surface area (TPSA) is 73.2 Å². The van der Waals surface area contributed by atoms with Crippen LogP contribution in [-0.4, -0.2) is 17.1 Å². The third kappa shape index (κ3) is 9.30. The summed E-state index contributed by atoms with van der Waals surface area (Å²) in [6.45, 7) is 31.2. The highest BCUT2D eigenvalue weighted by Crippen LogP contribution is 2.34. The van der Waals surface area contributed by atoms with Crippen molar-refractivity contribution >= 4 is 17.1 Å². The van der Waals surface area contributed by atoms with Gasteiger partial charge < -0.3 is 16.0 Å². The summed E-state index contributed by atoms with van der Waals surface area (Å²) < 4.78 is 0. The van der Waals surface area contributed by atoms with Crippen molar-refractivity contribution in [3.05, 3.63) is 102 Å². The van der Waals surface area contributed by atoms with Crippen molar-refractivity contribution in [3.63, 3.8) is 0 Å². The minimum absolute atomic E-state index is 0.661. The van der Waals surface area contributed by atoms with Crippen LogP contribution in [0.25, 0.3) is 0 Å². The number of fused-ring (bicyclic) bond motifs is 12. The van der Waals surface area contributed by atoms with Gasteiger partial charge >= 0.3 is 0 Å². The molecule has 0 spiro atoms. The maximum absolute atomic E-state index is 5.24. The Labute approximate surface area is 310 Å². The molecule has 276 valence electrons. The maximum Gasteiger partial charge on any atom is 0.0648 e. The van der Waals surface area contributed by atoms with Gasteiger partial charge in [0.2, 0.25) is 0 Å². The molecule has 51 heavy (non-hydrogen) atoms.